The Morgan fingerprint density at radius 1 is 1.43 bits per heavy atom. The Bertz CT molecular complexity index is 515. The first-order chi connectivity index (χ1) is 10.3. The molecule has 0 aliphatic heterocycles. The molecule has 8 heteroatoms. The average Bonchev–Trinajstić information content (AvgIpc) is 2.45. The van der Waals surface area contributed by atoms with Crippen LogP contribution < -0.4 is 15.8 Å². The summed E-state index contributed by atoms with van der Waals surface area (Å²) >= 11 is 0. The van der Waals surface area contributed by atoms with Gasteiger partial charge in [0, 0.05) is 12.6 Å². The normalized spacial score (nSPS) is 14.3. The maximum absolute atomic E-state index is 13.0. The lowest BCUT2D eigenvalue weighted by Crippen LogP contribution is -2.53. The fourth-order valence-electron chi connectivity index (χ4n) is 1.86. The van der Waals surface area contributed by atoms with Crippen molar-refractivity contribution in [2.24, 2.45) is 5.73 Å². The molecule has 0 saturated heterocycles. The lowest BCUT2D eigenvalue weighted by molar-refractivity contribution is -0.126. The summed E-state index contributed by atoms with van der Waals surface area (Å²) in [6.45, 7) is 3.33. The molecule has 0 aromatic heterocycles. The van der Waals surface area contributed by atoms with E-state index in [2.05, 4.69) is 5.32 Å². The predicted octanol–water partition coefficient (Wildman–Crippen LogP) is 1.76. The monoisotopic (exact) mass is 352 g/mol. The summed E-state index contributed by atoms with van der Waals surface area (Å²) in [6.07, 6.45) is 0.303. The van der Waals surface area contributed by atoms with Gasteiger partial charge in [0.1, 0.15) is 18.5 Å². The highest BCUT2D eigenvalue weighted by Crippen LogP contribution is 2.15. The van der Waals surface area contributed by atoms with Crippen molar-refractivity contribution in [3.8, 4) is 5.75 Å². The second-order valence-corrected chi connectivity index (χ2v) is 5.42. The zero-order valence-corrected chi connectivity index (χ0v) is 14.0. The minimum Gasteiger partial charge on any atom is -0.491 e. The van der Waals surface area contributed by atoms with E-state index in [1.807, 2.05) is 6.92 Å². The standard InChI is InChI=1S/C15H22F2N2O3.ClH/c1-3-6-15(2,18)14(21)19-8-10(20)9-22-11-4-5-12(16)13(17)7-11;/h4-5,7,10,20H,3,6,8-9,18H2,1-2H3,(H,19,21);1H. The number of aliphatic hydroxyl groups excluding tert-OH is 1. The molecular formula is C15H23ClF2N2O3. The highest BCUT2D eigenvalue weighted by Gasteiger charge is 2.27. The van der Waals surface area contributed by atoms with Gasteiger partial charge in [-0.25, -0.2) is 8.78 Å². The van der Waals surface area contributed by atoms with Gasteiger partial charge in [-0.15, -0.1) is 12.4 Å². The van der Waals surface area contributed by atoms with Crippen LogP contribution in [0.2, 0.25) is 0 Å². The molecule has 0 aliphatic rings. The van der Waals surface area contributed by atoms with E-state index in [1.54, 1.807) is 6.92 Å². The summed E-state index contributed by atoms with van der Waals surface area (Å²) in [4.78, 5) is 11.8. The number of benzene rings is 1. The van der Waals surface area contributed by atoms with Gasteiger partial charge in [0.25, 0.3) is 0 Å². The van der Waals surface area contributed by atoms with Crippen molar-refractivity contribution in [3.63, 3.8) is 0 Å². The zero-order chi connectivity index (χ0) is 16.8. The Morgan fingerprint density at radius 3 is 2.65 bits per heavy atom. The highest BCUT2D eigenvalue weighted by atomic mass is 35.5. The lowest BCUT2D eigenvalue weighted by Gasteiger charge is -2.23. The van der Waals surface area contributed by atoms with Crippen molar-refractivity contribution < 1.29 is 23.4 Å². The number of aliphatic hydroxyl groups is 1. The number of hydrogen-bond donors (Lipinski definition) is 3. The van der Waals surface area contributed by atoms with Crippen LogP contribution in [0.5, 0.6) is 5.75 Å². The third-order valence-corrected chi connectivity index (χ3v) is 3.12. The first kappa shape index (κ1) is 21.6. The molecule has 5 nitrogen and oxygen atoms in total. The van der Waals surface area contributed by atoms with Crippen LogP contribution in [0.3, 0.4) is 0 Å². The largest absolute Gasteiger partial charge is 0.491 e. The van der Waals surface area contributed by atoms with E-state index in [0.717, 1.165) is 18.6 Å². The Morgan fingerprint density at radius 2 is 2.09 bits per heavy atom. The number of ether oxygens (including phenoxy) is 1. The van der Waals surface area contributed by atoms with Gasteiger partial charge in [0.2, 0.25) is 5.91 Å². The van der Waals surface area contributed by atoms with E-state index in [-0.39, 0.29) is 37.2 Å². The maximum atomic E-state index is 13.0. The molecule has 0 radical (unpaired) electrons. The molecule has 0 fully saturated rings. The van der Waals surface area contributed by atoms with Gasteiger partial charge in [-0.2, -0.15) is 0 Å². The van der Waals surface area contributed by atoms with Crippen LogP contribution in [0.15, 0.2) is 18.2 Å². The van der Waals surface area contributed by atoms with Gasteiger partial charge in [-0.05, 0) is 25.5 Å². The second-order valence-electron chi connectivity index (χ2n) is 5.42. The fraction of sp³-hybridized carbons (Fsp3) is 0.533. The molecule has 4 N–H and O–H groups in total. The average molecular weight is 353 g/mol. The van der Waals surface area contributed by atoms with Crippen LogP contribution >= 0.6 is 12.4 Å². The van der Waals surface area contributed by atoms with Crippen LogP contribution in [0.25, 0.3) is 0 Å². The second kappa shape index (κ2) is 9.64. The number of nitrogens with one attached hydrogen (secondary N) is 1. The third kappa shape index (κ3) is 7.11. The Balaban J connectivity index is 0.00000484. The van der Waals surface area contributed by atoms with Crippen LogP contribution in [0.1, 0.15) is 26.7 Å². The predicted molar refractivity (Wildman–Crippen MR) is 85.6 cm³/mol. The molecule has 0 saturated carbocycles. The molecule has 2 atom stereocenters. The quantitative estimate of drug-likeness (QED) is 0.665. The Kier molecular flexibility index (Phi) is 9.04. The molecule has 0 spiro atoms. The van der Waals surface area contributed by atoms with Gasteiger partial charge in [0.15, 0.2) is 11.6 Å². The van der Waals surface area contributed by atoms with Gasteiger partial charge < -0.3 is 20.9 Å². The molecular weight excluding hydrogens is 330 g/mol. The smallest absolute Gasteiger partial charge is 0.239 e. The molecule has 0 heterocycles. The van der Waals surface area contributed by atoms with E-state index >= 15 is 0 Å². The summed E-state index contributed by atoms with van der Waals surface area (Å²) < 4.78 is 30.8. The minimum absolute atomic E-state index is 0. The topological polar surface area (TPSA) is 84.6 Å². The molecule has 23 heavy (non-hydrogen) atoms. The van der Waals surface area contributed by atoms with Crippen molar-refractivity contribution in [2.45, 2.75) is 38.3 Å². The number of amides is 1. The minimum atomic E-state index is -1.03. The number of rotatable bonds is 8. The fourth-order valence-corrected chi connectivity index (χ4v) is 1.86. The number of hydrogen-bond acceptors (Lipinski definition) is 4. The first-order valence-corrected chi connectivity index (χ1v) is 7.09. The molecule has 1 amide bonds. The summed E-state index contributed by atoms with van der Waals surface area (Å²) in [5.41, 5.74) is 4.86. The SMILES string of the molecule is CCCC(C)(N)C(=O)NCC(O)COc1ccc(F)c(F)c1.Cl. The van der Waals surface area contributed by atoms with Crippen LogP contribution in [-0.2, 0) is 4.79 Å². The van der Waals surface area contributed by atoms with Gasteiger partial charge in [-0.3, -0.25) is 4.79 Å². The van der Waals surface area contributed by atoms with Crippen molar-refractivity contribution >= 4 is 18.3 Å². The lowest BCUT2D eigenvalue weighted by atomic mass is 9.96. The number of halogens is 3. The first-order valence-electron chi connectivity index (χ1n) is 7.09. The van der Waals surface area contributed by atoms with Crippen molar-refractivity contribution in [2.75, 3.05) is 13.2 Å². The number of nitrogens with two attached hydrogens (primary N) is 1. The van der Waals surface area contributed by atoms with Crippen molar-refractivity contribution in [1.82, 2.24) is 5.32 Å². The van der Waals surface area contributed by atoms with E-state index in [1.165, 1.54) is 6.07 Å². The third-order valence-electron chi connectivity index (χ3n) is 3.12. The number of carbonyl (C=O) groups is 1. The highest BCUT2D eigenvalue weighted by molar-refractivity contribution is 5.85. The van der Waals surface area contributed by atoms with Gasteiger partial charge >= 0.3 is 0 Å². The molecule has 1 rings (SSSR count). The van der Waals surface area contributed by atoms with Crippen LogP contribution in [-0.4, -0.2) is 35.8 Å². The van der Waals surface area contributed by atoms with Gasteiger partial charge in [-0.1, -0.05) is 13.3 Å². The van der Waals surface area contributed by atoms with E-state index < -0.39 is 23.3 Å². The zero-order valence-electron chi connectivity index (χ0n) is 13.1. The molecule has 1 aromatic rings. The van der Waals surface area contributed by atoms with Gasteiger partial charge in [0.05, 0.1) is 5.54 Å². The Labute approximate surface area is 140 Å². The van der Waals surface area contributed by atoms with Crippen LogP contribution in [0, 0.1) is 11.6 Å². The van der Waals surface area contributed by atoms with Crippen LogP contribution in [0.4, 0.5) is 8.78 Å². The van der Waals surface area contributed by atoms with E-state index in [4.69, 9.17) is 10.5 Å². The van der Waals surface area contributed by atoms with Crippen molar-refractivity contribution in [1.29, 1.82) is 0 Å². The Hall–Kier alpha value is -1.44. The summed E-state index contributed by atoms with van der Waals surface area (Å²) in [7, 11) is 0. The number of carbonyl (C=O) groups excluding carboxylic acids is 1. The summed E-state index contributed by atoms with van der Waals surface area (Å²) in [5, 5.41) is 12.3. The summed E-state index contributed by atoms with van der Waals surface area (Å²) in [5.74, 6) is -2.27. The maximum Gasteiger partial charge on any atom is 0.239 e. The van der Waals surface area contributed by atoms with E-state index in [0.29, 0.717) is 6.42 Å². The molecule has 0 aliphatic carbocycles. The molecule has 2 unspecified atom stereocenters. The summed E-state index contributed by atoms with van der Waals surface area (Å²) in [6, 6.07) is 3.07. The molecule has 0 bridgehead atoms. The molecule has 132 valence electrons. The van der Waals surface area contributed by atoms with E-state index in [9.17, 15) is 18.7 Å². The van der Waals surface area contributed by atoms with Crippen molar-refractivity contribution in [3.05, 3.63) is 29.8 Å². The molecule has 1 aromatic carbocycles.